The fourth-order valence-corrected chi connectivity index (χ4v) is 5.40. The molecular weight excluding hydrogens is 514 g/mol. The predicted octanol–water partition coefficient (Wildman–Crippen LogP) is 5.83. The Kier molecular flexibility index (Phi) is 12.1. The molecule has 1 aliphatic carbocycles. The van der Waals surface area contributed by atoms with Gasteiger partial charge in [-0.1, -0.05) is 33.6 Å². The van der Waals surface area contributed by atoms with Crippen molar-refractivity contribution in [3.8, 4) is 0 Å². The Bertz CT molecular complexity index is 1110. The molecule has 2 N–H and O–H groups in total. The minimum absolute atomic E-state index is 0.0216. The van der Waals surface area contributed by atoms with E-state index in [1.807, 2.05) is 27.7 Å². The Morgan fingerprint density at radius 2 is 1.60 bits per heavy atom. The minimum Gasteiger partial charge on any atom is -0.391 e. The van der Waals surface area contributed by atoms with Crippen molar-refractivity contribution in [3.63, 3.8) is 0 Å². The van der Waals surface area contributed by atoms with Crippen LogP contribution in [0.3, 0.4) is 0 Å². The topological polar surface area (TPSA) is 78.9 Å². The molecule has 1 saturated carbocycles. The van der Waals surface area contributed by atoms with Crippen LogP contribution in [0.5, 0.6) is 0 Å². The first-order chi connectivity index (χ1) is 19.1. The van der Waals surface area contributed by atoms with E-state index in [4.69, 9.17) is 4.74 Å². The van der Waals surface area contributed by atoms with E-state index in [2.05, 4.69) is 5.32 Å². The van der Waals surface area contributed by atoms with Crippen LogP contribution in [0, 0.1) is 24.5 Å². The lowest BCUT2D eigenvalue weighted by molar-refractivity contribution is -0.0133. The van der Waals surface area contributed by atoms with Crippen LogP contribution in [0.1, 0.15) is 91.1 Å². The maximum Gasteiger partial charge on any atom is 0.253 e. The van der Waals surface area contributed by atoms with Gasteiger partial charge in [0.25, 0.3) is 11.8 Å². The van der Waals surface area contributed by atoms with Crippen LogP contribution in [0.4, 0.5) is 8.78 Å². The van der Waals surface area contributed by atoms with Gasteiger partial charge in [0.1, 0.15) is 11.6 Å². The first kappa shape index (κ1) is 31.7. The van der Waals surface area contributed by atoms with Gasteiger partial charge in [-0.25, -0.2) is 8.78 Å². The Morgan fingerprint density at radius 3 is 2.20 bits per heavy atom. The van der Waals surface area contributed by atoms with Crippen molar-refractivity contribution in [3.05, 3.63) is 70.3 Å². The number of aliphatic hydroxyl groups is 1. The summed E-state index contributed by atoms with van der Waals surface area (Å²) in [4.78, 5) is 28.5. The van der Waals surface area contributed by atoms with E-state index in [0.717, 1.165) is 50.2 Å². The van der Waals surface area contributed by atoms with E-state index in [9.17, 15) is 23.5 Å². The van der Waals surface area contributed by atoms with Gasteiger partial charge in [0.2, 0.25) is 0 Å². The summed E-state index contributed by atoms with van der Waals surface area (Å²) in [6, 6.07) is 7.38. The molecule has 1 unspecified atom stereocenters. The van der Waals surface area contributed by atoms with Gasteiger partial charge in [0.15, 0.2) is 0 Å². The van der Waals surface area contributed by atoms with Crippen molar-refractivity contribution < 1.29 is 28.2 Å². The number of halogens is 2. The number of benzene rings is 2. The molecule has 0 spiro atoms. The van der Waals surface area contributed by atoms with Gasteiger partial charge >= 0.3 is 0 Å². The zero-order valence-electron chi connectivity index (χ0n) is 24.2. The molecule has 2 aromatic rings. The van der Waals surface area contributed by atoms with Crippen LogP contribution in [0.25, 0.3) is 0 Å². The van der Waals surface area contributed by atoms with Crippen molar-refractivity contribution >= 4 is 11.8 Å². The molecule has 0 bridgehead atoms. The average molecular weight is 559 g/mol. The lowest BCUT2D eigenvalue weighted by Crippen LogP contribution is -2.48. The number of ether oxygens (including phenoxy) is 1. The first-order valence-corrected chi connectivity index (χ1v) is 14.6. The number of carbonyl (C=O) groups excluding carboxylic acids is 2. The summed E-state index contributed by atoms with van der Waals surface area (Å²) >= 11 is 0. The van der Waals surface area contributed by atoms with Gasteiger partial charge < -0.3 is 20.1 Å². The van der Waals surface area contributed by atoms with Crippen molar-refractivity contribution in [2.45, 2.75) is 90.9 Å². The lowest BCUT2D eigenvalue weighted by Gasteiger charge is -2.29. The monoisotopic (exact) mass is 558 g/mol. The van der Waals surface area contributed by atoms with Crippen LogP contribution in [-0.4, -0.2) is 59.8 Å². The van der Waals surface area contributed by atoms with Crippen LogP contribution in [0.2, 0.25) is 0 Å². The molecule has 0 aliphatic heterocycles. The van der Waals surface area contributed by atoms with E-state index in [1.165, 1.54) is 12.1 Å². The van der Waals surface area contributed by atoms with E-state index < -0.39 is 29.7 Å². The first-order valence-electron chi connectivity index (χ1n) is 14.6. The standard InChI is InChI=1S/C32H44F2N2O4/c1-5-11-36(12-6-2)32(39)25-14-21(3)13-24(18-25)31(38)35-29(17-23-15-26(33)19-27(34)16-23)30(37)22(4)20-40-28-9-7-8-10-28/h13-16,18-19,22,28-30,37H,5-12,17,20H2,1-4H3,(H,35,38)/t22?,29-,30-/m0/s1. The highest BCUT2D eigenvalue weighted by atomic mass is 19.1. The molecule has 8 heteroatoms. The fourth-order valence-electron chi connectivity index (χ4n) is 5.40. The highest BCUT2D eigenvalue weighted by Crippen LogP contribution is 2.23. The molecule has 0 heterocycles. The summed E-state index contributed by atoms with van der Waals surface area (Å²) in [6.45, 7) is 9.25. The molecule has 3 rings (SSSR count). The molecule has 220 valence electrons. The number of carbonyl (C=O) groups is 2. The second-order valence-electron chi connectivity index (χ2n) is 11.1. The number of aryl methyl sites for hydroxylation is 1. The largest absolute Gasteiger partial charge is 0.391 e. The van der Waals surface area contributed by atoms with Crippen molar-refractivity contribution in [1.29, 1.82) is 0 Å². The third-order valence-corrected chi connectivity index (χ3v) is 7.45. The van der Waals surface area contributed by atoms with Gasteiger partial charge in [-0.2, -0.15) is 0 Å². The molecule has 0 aromatic heterocycles. The van der Waals surface area contributed by atoms with Gasteiger partial charge in [0.05, 0.1) is 24.9 Å². The molecule has 0 radical (unpaired) electrons. The Morgan fingerprint density at radius 1 is 1.00 bits per heavy atom. The molecule has 3 atom stereocenters. The molecule has 1 aliphatic rings. The summed E-state index contributed by atoms with van der Waals surface area (Å²) in [5, 5.41) is 14.2. The number of rotatable bonds is 14. The second kappa shape index (κ2) is 15.2. The van der Waals surface area contributed by atoms with Gasteiger partial charge in [-0.15, -0.1) is 0 Å². The van der Waals surface area contributed by atoms with E-state index in [0.29, 0.717) is 30.8 Å². The maximum absolute atomic E-state index is 14.0. The van der Waals surface area contributed by atoms with Crippen LogP contribution in [0.15, 0.2) is 36.4 Å². The Hall–Kier alpha value is -2.84. The van der Waals surface area contributed by atoms with Crippen LogP contribution in [-0.2, 0) is 11.2 Å². The number of hydrogen-bond acceptors (Lipinski definition) is 4. The SMILES string of the molecule is CCCN(CCC)C(=O)c1cc(C)cc(C(=O)N[C@@H](Cc2cc(F)cc(F)c2)[C@@H](O)C(C)COC2CCCC2)c1. The third-order valence-electron chi connectivity index (χ3n) is 7.45. The number of nitrogens with one attached hydrogen (secondary N) is 1. The summed E-state index contributed by atoms with van der Waals surface area (Å²) in [7, 11) is 0. The van der Waals surface area contributed by atoms with Gasteiger partial charge in [-0.3, -0.25) is 9.59 Å². The summed E-state index contributed by atoms with van der Waals surface area (Å²) in [5.41, 5.74) is 1.79. The molecule has 2 aromatic carbocycles. The van der Waals surface area contributed by atoms with E-state index in [-0.39, 0.29) is 29.9 Å². The normalized spacial score (nSPS) is 16.0. The summed E-state index contributed by atoms with van der Waals surface area (Å²) in [5.74, 6) is -2.39. The van der Waals surface area contributed by atoms with Gasteiger partial charge in [-0.05, 0) is 80.5 Å². The number of aliphatic hydroxyl groups excluding tert-OH is 1. The van der Waals surface area contributed by atoms with Crippen LogP contribution >= 0.6 is 0 Å². The maximum atomic E-state index is 14.0. The molecule has 40 heavy (non-hydrogen) atoms. The third kappa shape index (κ3) is 9.10. The molecule has 6 nitrogen and oxygen atoms in total. The van der Waals surface area contributed by atoms with E-state index >= 15 is 0 Å². The zero-order chi connectivity index (χ0) is 29.2. The Balaban J connectivity index is 1.82. The average Bonchev–Trinajstić information content (AvgIpc) is 3.43. The van der Waals surface area contributed by atoms with Gasteiger partial charge in [0, 0.05) is 36.2 Å². The molecule has 0 saturated heterocycles. The quantitative estimate of drug-likeness (QED) is 0.306. The zero-order valence-corrected chi connectivity index (χ0v) is 24.2. The summed E-state index contributed by atoms with van der Waals surface area (Å²) < 4.78 is 33.9. The van der Waals surface area contributed by atoms with E-state index in [1.54, 1.807) is 23.1 Å². The Labute approximate surface area is 237 Å². The fraction of sp³-hybridized carbons (Fsp3) is 0.562. The molecular formula is C32H44F2N2O4. The highest BCUT2D eigenvalue weighted by molar-refractivity contribution is 6.00. The van der Waals surface area contributed by atoms with Crippen molar-refractivity contribution in [2.24, 2.45) is 5.92 Å². The highest BCUT2D eigenvalue weighted by Gasteiger charge is 2.29. The minimum atomic E-state index is -1.04. The number of hydrogen-bond donors (Lipinski definition) is 2. The number of amides is 2. The predicted molar refractivity (Wildman–Crippen MR) is 152 cm³/mol. The van der Waals surface area contributed by atoms with Crippen molar-refractivity contribution in [2.75, 3.05) is 19.7 Å². The second-order valence-corrected chi connectivity index (χ2v) is 11.1. The van der Waals surface area contributed by atoms with Crippen molar-refractivity contribution in [1.82, 2.24) is 10.2 Å². The van der Waals surface area contributed by atoms with Crippen LogP contribution < -0.4 is 5.32 Å². The smallest absolute Gasteiger partial charge is 0.253 e. The molecule has 2 amide bonds. The lowest BCUT2D eigenvalue weighted by atomic mass is 9.92. The summed E-state index contributed by atoms with van der Waals surface area (Å²) in [6.07, 6.45) is 5.05. The molecule has 1 fully saturated rings. The number of nitrogens with zero attached hydrogens (tertiary/aromatic N) is 1.